The van der Waals surface area contributed by atoms with Gasteiger partial charge in [0.05, 0.1) is 0 Å². The second-order valence-corrected chi connectivity index (χ2v) is 2.47. The lowest BCUT2D eigenvalue weighted by Crippen LogP contribution is -1.82. The molecule has 1 aromatic carbocycles. The van der Waals surface area contributed by atoms with E-state index in [4.69, 9.17) is 6.42 Å². The van der Waals surface area contributed by atoms with E-state index in [9.17, 15) is 0 Å². The maximum atomic E-state index is 5.14. The minimum absolute atomic E-state index is 0.874. The summed E-state index contributed by atoms with van der Waals surface area (Å²) >= 11 is 0. The van der Waals surface area contributed by atoms with Crippen LogP contribution in [0.3, 0.4) is 0 Å². The molecular formula is C11H11. The topological polar surface area (TPSA) is 0 Å². The van der Waals surface area contributed by atoms with E-state index in [0.717, 1.165) is 19.3 Å². The average Bonchev–Trinajstić information content (AvgIpc) is 2.07. The van der Waals surface area contributed by atoms with Crippen molar-refractivity contribution in [2.75, 3.05) is 0 Å². The van der Waals surface area contributed by atoms with E-state index in [2.05, 4.69) is 24.1 Å². The zero-order valence-corrected chi connectivity index (χ0v) is 6.51. The Morgan fingerprint density at radius 3 is 2.73 bits per heavy atom. The summed E-state index contributed by atoms with van der Waals surface area (Å²) in [5.74, 6) is 2.63. The van der Waals surface area contributed by atoms with Crippen LogP contribution in [0.15, 0.2) is 24.3 Å². The fourth-order valence-electron chi connectivity index (χ4n) is 0.983. The first-order chi connectivity index (χ1) is 5.43. The third kappa shape index (κ3) is 2.91. The van der Waals surface area contributed by atoms with Gasteiger partial charge in [-0.05, 0) is 24.5 Å². The van der Waals surface area contributed by atoms with Crippen LogP contribution in [0, 0.1) is 18.4 Å². The lowest BCUT2D eigenvalue weighted by molar-refractivity contribution is 0.858. The molecule has 0 aliphatic heterocycles. The van der Waals surface area contributed by atoms with Gasteiger partial charge < -0.3 is 0 Å². The van der Waals surface area contributed by atoms with E-state index < -0.39 is 0 Å². The summed E-state index contributed by atoms with van der Waals surface area (Å²) in [4.78, 5) is 0. The molecular weight excluding hydrogens is 132 g/mol. The zero-order chi connectivity index (χ0) is 7.94. The first-order valence-corrected chi connectivity index (χ1v) is 3.82. The maximum Gasteiger partial charge on any atom is 0.00892 e. The Balaban J connectivity index is 2.35. The van der Waals surface area contributed by atoms with Gasteiger partial charge in [0.25, 0.3) is 0 Å². The molecule has 0 aromatic heterocycles. The summed E-state index contributed by atoms with van der Waals surface area (Å²) in [5.41, 5.74) is 1.35. The predicted molar refractivity (Wildman–Crippen MR) is 47.0 cm³/mol. The van der Waals surface area contributed by atoms with Crippen molar-refractivity contribution in [3.8, 4) is 12.3 Å². The first kappa shape index (κ1) is 7.88. The molecule has 0 amide bonds. The number of terminal acetylenes is 1. The Labute approximate surface area is 68.3 Å². The molecule has 0 saturated carbocycles. The Morgan fingerprint density at radius 2 is 2.09 bits per heavy atom. The van der Waals surface area contributed by atoms with Crippen LogP contribution in [0.1, 0.15) is 18.4 Å². The Hall–Kier alpha value is -1.22. The van der Waals surface area contributed by atoms with Crippen LogP contribution in [0.2, 0.25) is 0 Å². The van der Waals surface area contributed by atoms with Gasteiger partial charge in [-0.25, -0.2) is 0 Å². The molecule has 0 saturated heterocycles. The lowest BCUT2D eigenvalue weighted by atomic mass is 10.1. The third-order valence-corrected chi connectivity index (χ3v) is 1.57. The van der Waals surface area contributed by atoms with Crippen LogP contribution >= 0.6 is 0 Å². The number of rotatable bonds is 3. The monoisotopic (exact) mass is 143 g/mol. The van der Waals surface area contributed by atoms with E-state index in [-0.39, 0.29) is 0 Å². The summed E-state index contributed by atoms with van der Waals surface area (Å²) in [6.07, 6.45) is 8.18. The molecule has 0 fully saturated rings. The quantitative estimate of drug-likeness (QED) is 0.450. The summed E-state index contributed by atoms with van der Waals surface area (Å²) in [7, 11) is 0. The Bertz CT molecular complexity index is 228. The number of benzene rings is 1. The van der Waals surface area contributed by atoms with Gasteiger partial charge >= 0.3 is 0 Å². The molecule has 0 bridgehead atoms. The van der Waals surface area contributed by atoms with Gasteiger partial charge in [-0.1, -0.05) is 24.3 Å². The number of hydrogen-bond acceptors (Lipinski definition) is 0. The van der Waals surface area contributed by atoms with Crippen LogP contribution in [0.5, 0.6) is 0 Å². The highest BCUT2D eigenvalue weighted by atomic mass is 13.9. The van der Waals surface area contributed by atoms with Crippen LogP contribution in [0.4, 0.5) is 0 Å². The van der Waals surface area contributed by atoms with E-state index in [1.165, 1.54) is 5.56 Å². The molecule has 0 aliphatic rings. The highest BCUT2D eigenvalue weighted by Crippen LogP contribution is 2.02. The maximum absolute atomic E-state index is 5.14. The molecule has 0 spiro atoms. The normalized spacial score (nSPS) is 9.00. The van der Waals surface area contributed by atoms with Crippen LogP contribution in [-0.2, 0) is 6.42 Å². The fourth-order valence-corrected chi connectivity index (χ4v) is 0.983. The second kappa shape index (κ2) is 4.57. The summed E-state index contributed by atoms with van der Waals surface area (Å²) in [5, 5.41) is 0. The van der Waals surface area contributed by atoms with Crippen molar-refractivity contribution < 1.29 is 0 Å². The van der Waals surface area contributed by atoms with Gasteiger partial charge in [-0.2, -0.15) is 0 Å². The minimum atomic E-state index is 0.874. The van der Waals surface area contributed by atoms with Gasteiger partial charge in [0.2, 0.25) is 0 Å². The summed E-state index contributed by atoms with van der Waals surface area (Å²) in [6, 6.07) is 11.0. The second-order valence-electron chi connectivity index (χ2n) is 2.47. The minimum Gasteiger partial charge on any atom is -0.120 e. The van der Waals surface area contributed by atoms with Crippen molar-refractivity contribution in [1.29, 1.82) is 0 Å². The molecule has 0 nitrogen and oxygen atoms in total. The molecule has 0 unspecified atom stereocenters. The van der Waals surface area contributed by atoms with Crippen molar-refractivity contribution in [3.63, 3.8) is 0 Å². The van der Waals surface area contributed by atoms with Crippen molar-refractivity contribution in [3.05, 3.63) is 35.9 Å². The Morgan fingerprint density at radius 1 is 1.36 bits per heavy atom. The predicted octanol–water partition coefficient (Wildman–Crippen LogP) is 2.44. The molecule has 0 heterocycles. The first-order valence-electron chi connectivity index (χ1n) is 3.82. The molecule has 1 aromatic rings. The van der Waals surface area contributed by atoms with Crippen molar-refractivity contribution in [2.24, 2.45) is 0 Å². The van der Waals surface area contributed by atoms with Gasteiger partial charge in [0, 0.05) is 6.42 Å². The third-order valence-electron chi connectivity index (χ3n) is 1.57. The average molecular weight is 143 g/mol. The van der Waals surface area contributed by atoms with Crippen LogP contribution in [-0.4, -0.2) is 0 Å². The SMILES string of the molecule is C#CCCCc1cc[c]cc1. The van der Waals surface area contributed by atoms with E-state index >= 15 is 0 Å². The van der Waals surface area contributed by atoms with Crippen LogP contribution in [0.25, 0.3) is 0 Å². The smallest absolute Gasteiger partial charge is 0.00892 e. The lowest BCUT2D eigenvalue weighted by Gasteiger charge is -1.96. The van der Waals surface area contributed by atoms with Crippen LogP contribution < -0.4 is 0 Å². The zero-order valence-electron chi connectivity index (χ0n) is 6.51. The Kier molecular flexibility index (Phi) is 3.28. The summed E-state index contributed by atoms with van der Waals surface area (Å²) in [6.45, 7) is 0. The molecule has 0 atom stereocenters. The molecule has 0 N–H and O–H groups in total. The molecule has 0 aliphatic carbocycles. The molecule has 1 rings (SSSR count). The number of aryl methyl sites for hydroxylation is 1. The fraction of sp³-hybridized carbons (Fsp3) is 0.273. The van der Waals surface area contributed by atoms with Gasteiger partial charge in [0.1, 0.15) is 0 Å². The van der Waals surface area contributed by atoms with Crippen molar-refractivity contribution in [2.45, 2.75) is 19.3 Å². The largest absolute Gasteiger partial charge is 0.120 e. The van der Waals surface area contributed by atoms with Gasteiger partial charge in [-0.15, -0.1) is 12.3 Å². The number of unbranched alkanes of at least 4 members (excludes halogenated alkanes) is 1. The highest BCUT2D eigenvalue weighted by molar-refractivity contribution is 5.13. The van der Waals surface area contributed by atoms with Gasteiger partial charge in [-0.3, -0.25) is 0 Å². The van der Waals surface area contributed by atoms with Crippen molar-refractivity contribution in [1.82, 2.24) is 0 Å². The van der Waals surface area contributed by atoms with E-state index in [1.807, 2.05) is 12.1 Å². The molecule has 11 heavy (non-hydrogen) atoms. The number of hydrogen-bond donors (Lipinski definition) is 0. The van der Waals surface area contributed by atoms with E-state index in [0.29, 0.717) is 0 Å². The standard InChI is InChI=1S/C11H11/c1-2-3-5-8-11-9-6-4-7-10-11/h1,6-7,9-10H,3,5,8H2. The highest BCUT2D eigenvalue weighted by Gasteiger charge is 1.88. The van der Waals surface area contributed by atoms with Gasteiger partial charge in [0.15, 0.2) is 0 Å². The molecule has 55 valence electrons. The summed E-state index contributed by atoms with van der Waals surface area (Å²) < 4.78 is 0. The van der Waals surface area contributed by atoms with Crippen molar-refractivity contribution >= 4 is 0 Å². The molecule has 1 radical (unpaired) electrons. The molecule has 0 heteroatoms. The van der Waals surface area contributed by atoms with E-state index in [1.54, 1.807) is 0 Å².